The summed E-state index contributed by atoms with van der Waals surface area (Å²) in [6.45, 7) is 4.20. The molecule has 2 N–H and O–H groups in total. The summed E-state index contributed by atoms with van der Waals surface area (Å²) in [5.41, 5.74) is 3.84. The number of sulfonamides is 2. The zero-order valence-electron chi connectivity index (χ0n) is 18.9. The van der Waals surface area contributed by atoms with Crippen LogP contribution >= 0.6 is 0 Å². The third kappa shape index (κ3) is 5.37. The van der Waals surface area contributed by atoms with E-state index in [-0.39, 0.29) is 22.9 Å². The molecule has 6 nitrogen and oxygen atoms in total. The molecule has 0 amide bonds. The highest BCUT2D eigenvalue weighted by Crippen LogP contribution is 2.28. The van der Waals surface area contributed by atoms with Gasteiger partial charge in [0, 0.05) is 23.9 Å². The highest BCUT2D eigenvalue weighted by Gasteiger charge is 2.22. The molecule has 34 heavy (non-hydrogen) atoms. The van der Waals surface area contributed by atoms with Gasteiger partial charge in [0.05, 0.1) is 9.79 Å². The van der Waals surface area contributed by atoms with E-state index >= 15 is 0 Å². The van der Waals surface area contributed by atoms with E-state index in [2.05, 4.69) is 9.44 Å². The van der Waals surface area contributed by atoms with Gasteiger partial charge < -0.3 is 0 Å². The number of hydrogen-bond donors (Lipinski definition) is 2. The predicted molar refractivity (Wildman–Crippen MR) is 134 cm³/mol. The maximum absolute atomic E-state index is 13.1. The minimum absolute atomic E-state index is 0.0349. The summed E-state index contributed by atoms with van der Waals surface area (Å²) in [6.07, 6.45) is 0. The third-order valence-corrected chi connectivity index (χ3v) is 8.51. The Morgan fingerprint density at radius 3 is 1.24 bits per heavy atom. The molecule has 0 aliphatic heterocycles. The Hall–Kier alpha value is -3.04. The Bertz CT molecular complexity index is 1410. The van der Waals surface area contributed by atoms with Crippen LogP contribution in [0, 0.1) is 13.8 Å². The maximum atomic E-state index is 13.1. The molecule has 8 heteroatoms. The van der Waals surface area contributed by atoms with Crippen molar-refractivity contribution in [3.05, 3.63) is 107 Å². The van der Waals surface area contributed by atoms with Gasteiger partial charge in [0.15, 0.2) is 0 Å². The Kier molecular flexibility index (Phi) is 6.86. The molecule has 0 radical (unpaired) electrons. The van der Waals surface area contributed by atoms with Crippen molar-refractivity contribution >= 4 is 30.8 Å². The zero-order chi connectivity index (χ0) is 24.3. The SMILES string of the molecule is Cc1ccc(CNS(=O)(=O)c2cccc3c(S(=O)(=O)NCc4ccc(C)cc4)cccc23)cc1. The molecule has 0 heterocycles. The lowest BCUT2D eigenvalue weighted by molar-refractivity contribution is 0.580. The van der Waals surface area contributed by atoms with Crippen molar-refractivity contribution in [1.82, 2.24) is 9.44 Å². The lowest BCUT2D eigenvalue weighted by Crippen LogP contribution is -2.24. The molecular weight excluding hydrogens is 468 g/mol. The Morgan fingerprint density at radius 2 is 0.882 bits per heavy atom. The van der Waals surface area contributed by atoms with E-state index in [1.54, 1.807) is 24.3 Å². The lowest BCUT2D eigenvalue weighted by atomic mass is 10.1. The average molecular weight is 495 g/mol. The predicted octanol–water partition coefficient (Wildman–Crippen LogP) is 4.41. The number of rotatable bonds is 8. The van der Waals surface area contributed by atoms with Gasteiger partial charge in [-0.05, 0) is 37.1 Å². The van der Waals surface area contributed by atoms with Gasteiger partial charge in [-0.15, -0.1) is 0 Å². The van der Waals surface area contributed by atoms with Gasteiger partial charge in [-0.25, -0.2) is 26.3 Å². The van der Waals surface area contributed by atoms with Crippen molar-refractivity contribution in [1.29, 1.82) is 0 Å². The Morgan fingerprint density at radius 1 is 0.529 bits per heavy atom. The van der Waals surface area contributed by atoms with E-state index in [0.717, 1.165) is 22.3 Å². The van der Waals surface area contributed by atoms with E-state index in [9.17, 15) is 16.8 Å². The second-order valence-corrected chi connectivity index (χ2v) is 11.7. The molecule has 4 aromatic rings. The monoisotopic (exact) mass is 494 g/mol. The van der Waals surface area contributed by atoms with Gasteiger partial charge in [0.25, 0.3) is 0 Å². The minimum atomic E-state index is -3.88. The zero-order valence-corrected chi connectivity index (χ0v) is 20.6. The highest BCUT2D eigenvalue weighted by atomic mass is 32.2. The number of hydrogen-bond acceptors (Lipinski definition) is 4. The molecule has 0 fully saturated rings. The van der Waals surface area contributed by atoms with E-state index in [0.29, 0.717) is 10.8 Å². The van der Waals surface area contributed by atoms with Crippen molar-refractivity contribution in [3.63, 3.8) is 0 Å². The fourth-order valence-corrected chi connectivity index (χ4v) is 6.12. The summed E-state index contributed by atoms with van der Waals surface area (Å²) in [5.74, 6) is 0. The van der Waals surface area contributed by atoms with E-state index in [1.807, 2.05) is 62.4 Å². The lowest BCUT2D eigenvalue weighted by Gasteiger charge is -2.13. The Balaban J connectivity index is 1.63. The number of aryl methyl sites for hydroxylation is 2. The number of benzene rings is 4. The number of fused-ring (bicyclic) bond motifs is 1. The van der Waals surface area contributed by atoms with Gasteiger partial charge in [-0.1, -0.05) is 83.9 Å². The van der Waals surface area contributed by atoms with Crippen LogP contribution in [0.2, 0.25) is 0 Å². The van der Waals surface area contributed by atoms with Crippen LogP contribution in [0.4, 0.5) is 0 Å². The maximum Gasteiger partial charge on any atom is 0.241 e. The average Bonchev–Trinajstić information content (AvgIpc) is 2.82. The van der Waals surface area contributed by atoms with Crippen molar-refractivity contribution in [2.45, 2.75) is 36.7 Å². The van der Waals surface area contributed by atoms with Crippen LogP contribution in [0.15, 0.2) is 94.7 Å². The molecule has 0 bridgehead atoms. The summed E-state index contributed by atoms with van der Waals surface area (Å²) in [5, 5.41) is 0.689. The highest BCUT2D eigenvalue weighted by molar-refractivity contribution is 7.90. The summed E-state index contributed by atoms with van der Waals surface area (Å²) < 4.78 is 57.7. The van der Waals surface area contributed by atoms with Crippen molar-refractivity contribution < 1.29 is 16.8 Å². The fraction of sp³-hybridized carbons (Fsp3) is 0.154. The normalized spacial score (nSPS) is 12.2. The van der Waals surface area contributed by atoms with Crippen LogP contribution in [0.1, 0.15) is 22.3 Å². The van der Waals surface area contributed by atoms with Crippen LogP contribution in [0.5, 0.6) is 0 Å². The Labute approximate surface area is 200 Å². The minimum Gasteiger partial charge on any atom is -0.207 e. The third-order valence-electron chi connectivity index (χ3n) is 5.59. The van der Waals surface area contributed by atoms with Crippen molar-refractivity contribution in [2.75, 3.05) is 0 Å². The summed E-state index contributed by atoms with van der Waals surface area (Å²) >= 11 is 0. The van der Waals surface area contributed by atoms with Gasteiger partial charge in [-0.2, -0.15) is 0 Å². The molecule has 4 aromatic carbocycles. The summed E-state index contributed by atoms with van der Waals surface area (Å²) in [7, 11) is -7.76. The van der Waals surface area contributed by atoms with E-state index < -0.39 is 20.0 Å². The molecule has 0 aliphatic rings. The van der Waals surface area contributed by atoms with Gasteiger partial charge in [-0.3, -0.25) is 0 Å². The second-order valence-electron chi connectivity index (χ2n) is 8.23. The molecular formula is C26H26N2O4S2. The van der Waals surface area contributed by atoms with Gasteiger partial charge in [0.1, 0.15) is 0 Å². The topological polar surface area (TPSA) is 92.3 Å². The van der Waals surface area contributed by atoms with Gasteiger partial charge in [0.2, 0.25) is 20.0 Å². The summed E-state index contributed by atoms with van der Waals surface area (Å²) in [6, 6.07) is 24.5. The van der Waals surface area contributed by atoms with Crippen molar-refractivity contribution in [3.8, 4) is 0 Å². The van der Waals surface area contributed by atoms with Crippen molar-refractivity contribution in [2.24, 2.45) is 0 Å². The van der Waals surface area contributed by atoms with Gasteiger partial charge >= 0.3 is 0 Å². The molecule has 0 saturated heterocycles. The van der Waals surface area contributed by atoms with Crippen LogP contribution in [0.25, 0.3) is 10.8 Å². The molecule has 0 aliphatic carbocycles. The number of nitrogens with one attached hydrogen (secondary N) is 2. The van der Waals surface area contributed by atoms with Crippen LogP contribution in [0.3, 0.4) is 0 Å². The standard InChI is InChI=1S/C26H26N2O4S2/c1-19-9-13-21(14-10-19)17-27-33(29,30)25-7-3-6-24-23(25)5-4-8-26(24)34(31,32)28-18-22-15-11-20(2)12-16-22/h3-16,27-28H,17-18H2,1-2H3. The second kappa shape index (κ2) is 9.68. The fourth-order valence-electron chi connectivity index (χ4n) is 3.65. The first-order chi connectivity index (χ1) is 16.2. The smallest absolute Gasteiger partial charge is 0.207 e. The molecule has 0 unspecified atom stereocenters. The molecule has 0 saturated carbocycles. The summed E-state index contributed by atoms with van der Waals surface area (Å²) in [4.78, 5) is 0.0698. The van der Waals surface area contributed by atoms with E-state index in [4.69, 9.17) is 0 Å². The molecule has 0 spiro atoms. The molecule has 0 aromatic heterocycles. The first kappa shape index (κ1) is 24.1. The van der Waals surface area contributed by atoms with Crippen LogP contribution in [-0.4, -0.2) is 16.8 Å². The molecule has 176 valence electrons. The first-order valence-electron chi connectivity index (χ1n) is 10.8. The quantitative estimate of drug-likeness (QED) is 0.379. The first-order valence-corrected chi connectivity index (χ1v) is 13.7. The van der Waals surface area contributed by atoms with Crippen LogP contribution < -0.4 is 9.44 Å². The molecule has 0 atom stereocenters. The molecule has 4 rings (SSSR count). The van der Waals surface area contributed by atoms with Crippen LogP contribution in [-0.2, 0) is 33.1 Å². The van der Waals surface area contributed by atoms with E-state index in [1.165, 1.54) is 12.1 Å². The largest absolute Gasteiger partial charge is 0.241 e.